The lowest BCUT2D eigenvalue weighted by Crippen LogP contribution is -2.46. The Bertz CT molecular complexity index is 387. The fourth-order valence-electron chi connectivity index (χ4n) is 1.55. The summed E-state index contributed by atoms with van der Waals surface area (Å²) in [6.45, 7) is 7.90. The number of rotatable bonds is 4. The highest BCUT2D eigenvalue weighted by atomic mass is 32.1. The molecule has 0 spiro atoms. The van der Waals surface area contributed by atoms with Gasteiger partial charge in [-0.1, -0.05) is 0 Å². The van der Waals surface area contributed by atoms with E-state index in [0.717, 1.165) is 4.88 Å². The molecule has 0 aliphatic carbocycles. The summed E-state index contributed by atoms with van der Waals surface area (Å²) in [6.07, 6.45) is 1.94. The van der Waals surface area contributed by atoms with Crippen LogP contribution < -0.4 is 11.1 Å². The van der Waals surface area contributed by atoms with E-state index in [9.17, 15) is 4.79 Å². The van der Waals surface area contributed by atoms with Crippen LogP contribution in [0.2, 0.25) is 0 Å². The Hall–Kier alpha value is -1.14. The first-order valence-electron chi connectivity index (χ1n) is 5.87. The first-order valence-corrected chi connectivity index (χ1v) is 6.75. The third kappa shape index (κ3) is 4.27. The Labute approximate surface area is 112 Å². The predicted octanol–water partition coefficient (Wildman–Crippen LogP) is 2.23. The highest BCUT2D eigenvalue weighted by molar-refractivity contribution is 7.09. The first-order chi connectivity index (χ1) is 8.27. The Morgan fingerprint density at radius 1 is 1.50 bits per heavy atom. The lowest BCUT2D eigenvalue weighted by Gasteiger charge is -2.30. The van der Waals surface area contributed by atoms with Gasteiger partial charge in [-0.3, -0.25) is 4.98 Å². The molecule has 0 aromatic carbocycles. The summed E-state index contributed by atoms with van der Waals surface area (Å²) in [4.78, 5) is 16.9. The van der Waals surface area contributed by atoms with Crippen LogP contribution in [0.4, 0.5) is 4.79 Å². The van der Waals surface area contributed by atoms with Crippen molar-refractivity contribution in [2.45, 2.75) is 45.3 Å². The molecule has 1 rings (SSSR count). The fourth-order valence-corrected chi connectivity index (χ4v) is 2.32. The van der Waals surface area contributed by atoms with E-state index in [1.54, 1.807) is 11.7 Å². The summed E-state index contributed by atoms with van der Waals surface area (Å²) in [6, 6.07) is 0. The van der Waals surface area contributed by atoms with Crippen molar-refractivity contribution >= 4 is 17.4 Å². The molecule has 0 aliphatic heterocycles. The number of carbonyl (C=O) groups is 1. The van der Waals surface area contributed by atoms with Crippen molar-refractivity contribution in [3.8, 4) is 0 Å². The predicted molar refractivity (Wildman–Crippen MR) is 72.5 cm³/mol. The second-order valence-electron chi connectivity index (χ2n) is 5.36. The third-order valence-corrected chi connectivity index (χ3v) is 3.43. The van der Waals surface area contributed by atoms with Crippen LogP contribution in [0.25, 0.3) is 0 Å². The van der Waals surface area contributed by atoms with Gasteiger partial charge in [0, 0.05) is 11.1 Å². The summed E-state index contributed by atoms with van der Waals surface area (Å²) in [5.41, 5.74) is 6.31. The van der Waals surface area contributed by atoms with Gasteiger partial charge < -0.3 is 15.8 Å². The average Bonchev–Trinajstić information content (AvgIpc) is 2.66. The van der Waals surface area contributed by atoms with Gasteiger partial charge >= 0.3 is 6.09 Å². The number of carbonyl (C=O) groups excluding carboxylic acids is 1. The zero-order valence-corrected chi connectivity index (χ0v) is 12.1. The fraction of sp³-hybridized carbons (Fsp3) is 0.667. The van der Waals surface area contributed by atoms with E-state index in [4.69, 9.17) is 10.5 Å². The minimum Gasteiger partial charge on any atom is -0.444 e. The second kappa shape index (κ2) is 5.67. The minimum absolute atomic E-state index is 0.438. The molecule has 1 amide bonds. The van der Waals surface area contributed by atoms with Crippen molar-refractivity contribution < 1.29 is 9.53 Å². The zero-order chi connectivity index (χ0) is 13.8. The van der Waals surface area contributed by atoms with Crippen molar-refractivity contribution in [1.82, 2.24) is 10.3 Å². The SMILES string of the molecule is CC(C)(C)OC(=O)NC(C)(CCN)c1cncs1. The molecule has 3 N–H and O–H groups in total. The van der Waals surface area contributed by atoms with Crippen molar-refractivity contribution in [2.75, 3.05) is 6.54 Å². The van der Waals surface area contributed by atoms with Gasteiger partial charge in [-0.2, -0.15) is 0 Å². The maximum Gasteiger partial charge on any atom is 0.408 e. The largest absolute Gasteiger partial charge is 0.444 e. The third-order valence-electron chi connectivity index (χ3n) is 2.40. The number of aromatic nitrogens is 1. The average molecular weight is 271 g/mol. The van der Waals surface area contributed by atoms with Crippen molar-refractivity contribution in [1.29, 1.82) is 0 Å². The number of alkyl carbamates (subject to hydrolysis) is 1. The second-order valence-corrected chi connectivity index (χ2v) is 6.25. The number of thiazole rings is 1. The molecule has 1 unspecified atom stereocenters. The molecule has 0 bridgehead atoms. The molecule has 0 fully saturated rings. The van der Waals surface area contributed by atoms with Gasteiger partial charge in [0.2, 0.25) is 0 Å². The van der Waals surface area contributed by atoms with E-state index >= 15 is 0 Å². The zero-order valence-electron chi connectivity index (χ0n) is 11.3. The maximum absolute atomic E-state index is 11.9. The van der Waals surface area contributed by atoms with Crippen molar-refractivity contribution in [3.05, 3.63) is 16.6 Å². The number of hydrogen-bond acceptors (Lipinski definition) is 5. The molecule has 102 valence electrons. The standard InChI is InChI=1S/C12H21N3O2S/c1-11(2,3)17-10(16)15-12(4,5-6-13)9-7-14-8-18-9/h7-8H,5-6,13H2,1-4H3,(H,15,16). The molecule has 1 aromatic heterocycles. The summed E-state index contributed by atoms with van der Waals surface area (Å²) in [5, 5.41) is 2.88. The van der Waals surface area contributed by atoms with E-state index in [2.05, 4.69) is 10.3 Å². The molecule has 6 heteroatoms. The molecule has 0 radical (unpaired) electrons. The van der Waals surface area contributed by atoms with E-state index < -0.39 is 17.2 Å². The van der Waals surface area contributed by atoms with E-state index in [1.807, 2.05) is 27.7 Å². The van der Waals surface area contributed by atoms with Gasteiger partial charge in [0.05, 0.1) is 11.0 Å². The quantitative estimate of drug-likeness (QED) is 0.880. The molecule has 0 saturated carbocycles. The van der Waals surface area contributed by atoms with E-state index in [1.165, 1.54) is 11.3 Å². The number of ether oxygens (including phenoxy) is 1. The molecule has 1 atom stereocenters. The number of nitrogens with zero attached hydrogens (tertiary/aromatic N) is 1. The summed E-state index contributed by atoms with van der Waals surface area (Å²) >= 11 is 1.49. The van der Waals surface area contributed by atoms with Crippen LogP contribution in [0.1, 0.15) is 39.0 Å². The van der Waals surface area contributed by atoms with Crippen molar-refractivity contribution in [2.24, 2.45) is 5.73 Å². The van der Waals surface area contributed by atoms with Crippen LogP contribution in [0.3, 0.4) is 0 Å². The first kappa shape index (κ1) is 14.9. The Morgan fingerprint density at radius 3 is 2.61 bits per heavy atom. The molecule has 0 aliphatic rings. The lowest BCUT2D eigenvalue weighted by atomic mass is 9.96. The number of hydrogen-bond donors (Lipinski definition) is 2. The van der Waals surface area contributed by atoms with Crippen LogP contribution in [0, 0.1) is 0 Å². The molecule has 5 nitrogen and oxygen atoms in total. The van der Waals surface area contributed by atoms with Crippen LogP contribution in [-0.2, 0) is 10.3 Å². The number of amides is 1. The normalized spacial score (nSPS) is 14.9. The smallest absolute Gasteiger partial charge is 0.408 e. The highest BCUT2D eigenvalue weighted by Crippen LogP contribution is 2.27. The maximum atomic E-state index is 11.9. The van der Waals surface area contributed by atoms with Gasteiger partial charge in [0.1, 0.15) is 5.60 Å². The van der Waals surface area contributed by atoms with Gasteiger partial charge in [0.25, 0.3) is 0 Å². The van der Waals surface area contributed by atoms with Crippen LogP contribution in [0.5, 0.6) is 0 Å². The van der Waals surface area contributed by atoms with E-state index in [-0.39, 0.29) is 0 Å². The summed E-state index contributed by atoms with van der Waals surface area (Å²) in [5.74, 6) is 0. The molecule has 18 heavy (non-hydrogen) atoms. The molecular formula is C12H21N3O2S. The minimum atomic E-state index is -0.530. The lowest BCUT2D eigenvalue weighted by molar-refractivity contribution is 0.0459. The summed E-state index contributed by atoms with van der Waals surface area (Å²) < 4.78 is 5.27. The number of nitrogens with one attached hydrogen (secondary N) is 1. The van der Waals surface area contributed by atoms with Gasteiger partial charge in [-0.15, -0.1) is 11.3 Å². The Balaban J connectivity index is 2.78. The molecule has 1 aromatic rings. The van der Waals surface area contributed by atoms with Gasteiger partial charge in [-0.05, 0) is 40.7 Å². The van der Waals surface area contributed by atoms with Crippen LogP contribution in [0.15, 0.2) is 11.7 Å². The van der Waals surface area contributed by atoms with Crippen LogP contribution in [-0.4, -0.2) is 23.2 Å². The molecular weight excluding hydrogens is 250 g/mol. The number of nitrogens with two attached hydrogens (primary N) is 1. The Kier molecular flexibility index (Phi) is 4.70. The van der Waals surface area contributed by atoms with Gasteiger partial charge in [-0.25, -0.2) is 4.79 Å². The Morgan fingerprint density at radius 2 is 2.17 bits per heavy atom. The topological polar surface area (TPSA) is 77.2 Å². The van der Waals surface area contributed by atoms with E-state index in [0.29, 0.717) is 13.0 Å². The summed E-state index contributed by atoms with van der Waals surface area (Å²) in [7, 11) is 0. The molecule has 1 heterocycles. The molecule has 0 saturated heterocycles. The van der Waals surface area contributed by atoms with Crippen molar-refractivity contribution in [3.63, 3.8) is 0 Å². The highest BCUT2D eigenvalue weighted by Gasteiger charge is 2.31. The monoisotopic (exact) mass is 271 g/mol. The van der Waals surface area contributed by atoms with Gasteiger partial charge in [0.15, 0.2) is 0 Å². The van der Waals surface area contributed by atoms with Crippen LogP contribution >= 0.6 is 11.3 Å².